The van der Waals surface area contributed by atoms with Gasteiger partial charge in [-0.05, 0) is 48.4 Å². The Hall–Kier alpha value is -1.78. The van der Waals surface area contributed by atoms with E-state index in [1.165, 1.54) is 24.3 Å². The van der Waals surface area contributed by atoms with E-state index in [0.29, 0.717) is 0 Å². The van der Waals surface area contributed by atoms with Crippen molar-refractivity contribution < 1.29 is 8.78 Å². The van der Waals surface area contributed by atoms with Gasteiger partial charge in [0.25, 0.3) is 0 Å². The lowest BCUT2D eigenvalue weighted by Gasteiger charge is -2.24. The molecule has 3 rings (SSSR count). The first-order valence-corrected chi connectivity index (χ1v) is 7.60. The third kappa shape index (κ3) is 3.51. The van der Waals surface area contributed by atoms with Crippen LogP contribution in [-0.4, -0.2) is 30.6 Å². The number of rotatable bonds is 4. The van der Waals surface area contributed by atoms with Crippen molar-refractivity contribution in [1.82, 2.24) is 4.90 Å². The first-order valence-electron chi connectivity index (χ1n) is 7.60. The van der Waals surface area contributed by atoms with Gasteiger partial charge in [-0.15, -0.1) is 0 Å². The van der Waals surface area contributed by atoms with Gasteiger partial charge in [0.05, 0.1) is 0 Å². The molecule has 1 aliphatic heterocycles. The SMILES string of the molecule is N[C@H]1CCN(CC(c2ccc(F)cc2)c2ccc(F)cc2)C1. The van der Waals surface area contributed by atoms with Crippen molar-refractivity contribution in [1.29, 1.82) is 0 Å². The van der Waals surface area contributed by atoms with Gasteiger partial charge in [0.1, 0.15) is 11.6 Å². The minimum atomic E-state index is -0.246. The Morgan fingerprint density at radius 2 is 1.45 bits per heavy atom. The maximum absolute atomic E-state index is 13.2. The highest BCUT2D eigenvalue weighted by Crippen LogP contribution is 2.27. The Morgan fingerprint density at radius 3 is 1.86 bits per heavy atom. The van der Waals surface area contributed by atoms with E-state index in [1.807, 2.05) is 0 Å². The van der Waals surface area contributed by atoms with Gasteiger partial charge in [-0.2, -0.15) is 0 Å². The van der Waals surface area contributed by atoms with Crippen molar-refractivity contribution in [2.45, 2.75) is 18.4 Å². The molecule has 0 aliphatic carbocycles. The molecular formula is C18H20F2N2. The summed E-state index contributed by atoms with van der Waals surface area (Å²) in [5.74, 6) is -0.402. The zero-order valence-corrected chi connectivity index (χ0v) is 12.4. The second-order valence-corrected chi connectivity index (χ2v) is 5.96. The fraction of sp³-hybridized carbons (Fsp3) is 0.333. The van der Waals surface area contributed by atoms with Gasteiger partial charge in [-0.3, -0.25) is 0 Å². The lowest BCUT2D eigenvalue weighted by molar-refractivity contribution is 0.323. The molecule has 116 valence electrons. The molecule has 4 heteroatoms. The molecule has 1 heterocycles. The number of halogens is 2. The molecule has 2 nitrogen and oxygen atoms in total. The van der Waals surface area contributed by atoms with Crippen LogP contribution in [0.3, 0.4) is 0 Å². The summed E-state index contributed by atoms with van der Waals surface area (Å²) in [5.41, 5.74) is 8.05. The van der Waals surface area contributed by atoms with Gasteiger partial charge in [0.15, 0.2) is 0 Å². The Morgan fingerprint density at radius 1 is 0.955 bits per heavy atom. The van der Waals surface area contributed by atoms with Crippen molar-refractivity contribution in [3.63, 3.8) is 0 Å². The number of hydrogen-bond donors (Lipinski definition) is 1. The maximum Gasteiger partial charge on any atom is 0.123 e. The van der Waals surface area contributed by atoms with Crippen molar-refractivity contribution in [3.05, 3.63) is 71.3 Å². The highest BCUT2D eigenvalue weighted by molar-refractivity contribution is 5.33. The van der Waals surface area contributed by atoms with E-state index in [9.17, 15) is 8.78 Å². The summed E-state index contributed by atoms with van der Waals surface area (Å²) in [6, 6.07) is 13.3. The summed E-state index contributed by atoms with van der Waals surface area (Å²) in [4.78, 5) is 2.32. The summed E-state index contributed by atoms with van der Waals surface area (Å²) < 4.78 is 26.4. The average molecular weight is 302 g/mol. The van der Waals surface area contributed by atoms with E-state index in [2.05, 4.69) is 4.90 Å². The largest absolute Gasteiger partial charge is 0.326 e. The molecule has 0 amide bonds. The third-order valence-corrected chi connectivity index (χ3v) is 4.29. The Kier molecular flexibility index (Phi) is 4.50. The zero-order valence-electron chi connectivity index (χ0n) is 12.4. The molecule has 0 bridgehead atoms. The summed E-state index contributed by atoms with van der Waals surface area (Å²) in [5, 5.41) is 0. The Bertz CT molecular complexity index is 564. The van der Waals surface area contributed by atoms with Crippen LogP contribution >= 0.6 is 0 Å². The molecule has 1 saturated heterocycles. The van der Waals surface area contributed by atoms with Gasteiger partial charge < -0.3 is 10.6 Å². The maximum atomic E-state index is 13.2. The standard InChI is InChI=1S/C18H20F2N2/c19-15-5-1-13(2-6-15)18(12-22-10-9-17(21)11-22)14-3-7-16(20)8-4-14/h1-8,17-18H,9-12,21H2/t17-/m0/s1. The molecule has 1 aliphatic rings. The number of nitrogens with two attached hydrogens (primary N) is 1. The topological polar surface area (TPSA) is 29.3 Å². The molecule has 1 fully saturated rings. The normalized spacial score (nSPS) is 19.0. The van der Waals surface area contributed by atoms with E-state index in [0.717, 1.165) is 37.2 Å². The van der Waals surface area contributed by atoms with Gasteiger partial charge in [-0.1, -0.05) is 24.3 Å². The van der Waals surface area contributed by atoms with Crippen molar-refractivity contribution in [2.75, 3.05) is 19.6 Å². The van der Waals surface area contributed by atoms with E-state index in [1.54, 1.807) is 24.3 Å². The predicted molar refractivity (Wildman–Crippen MR) is 83.7 cm³/mol. The molecule has 2 N–H and O–H groups in total. The summed E-state index contributed by atoms with van der Waals surface area (Å²) >= 11 is 0. The summed E-state index contributed by atoms with van der Waals surface area (Å²) in [6.07, 6.45) is 1.000. The molecule has 0 saturated carbocycles. The molecule has 2 aromatic rings. The van der Waals surface area contributed by atoms with Crippen LogP contribution < -0.4 is 5.73 Å². The van der Waals surface area contributed by atoms with Crippen LogP contribution in [0.1, 0.15) is 23.5 Å². The zero-order chi connectivity index (χ0) is 15.5. The lowest BCUT2D eigenvalue weighted by Crippen LogP contribution is -2.30. The van der Waals surface area contributed by atoms with Crippen LogP contribution in [0.15, 0.2) is 48.5 Å². The van der Waals surface area contributed by atoms with Gasteiger partial charge >= 0.3 is 0 Å². The minimum absolute atomic E-state index is 0.0894. The van der Waals surface area contributed by atoms with Crippen LogP contribution in [0.25, 0.3) is 0 Å². The smallest absolute Gasteiger partial charge is 0.123 e. The fourth-order valence-corrected chi connectivity index (χ4v) is 3.08. The van der Waals surface area contributed by atoms with Gasteiger partial charge in [0, 0.05) is 25.0 Å². The molecule has 2 aromatic carbocycles. The van der Waals surface area contributed by atoms with E-state index < -0.39 is 0 Å². The Balaban J connectivity index is 1.87. The fourth-order valence-electron chi connectivity index (χ4n) is 3.08. The highest BCUT2D eigenvalue weighted by atomic mass is 19.1. The van der Waals surface area contributed by atoms with Crippen LogP contribution in [0, 0.1) is 11.6 Å². The van der Waals surface area contributed by atoms with E-state index in [-0.39, 0.29) is 23.6 Å². The molecule has 0 unspecified atom stereocenters. The van der Waals surface area contributed by atoms with Gasteiger partial charge in [-0.25, -0.2) is 8.78 Å². The first kappa shape index (κ1) is 15.1. The summed E-state index contributed by atoms with van der Waals surface area (Å²) in [6.45, 7) is 2.66. The second-order valence-electron chi connectivity index (χ2n) is 5.96. The minimum Gasteiger partial charge on any atom is -0.326 e. The number of hydrogen-bond acceptors (Lipinski definition) is 2. The van der Waals surface area contributed by atoms with Gasteiger partial charge in [0.2, 0.25) is 0 Å². The monoisotopic (exact) mass is 302 g/mol. The third-order valence-electron chi connectivity index (χ3n) is 4.29. The predicted octanol–water partition coefficient (Wildman–Crippen LogP) is 3.13. The second kappa shape index (κ2) is 6.55. The highest BCUT2D eigenvalue weighted by Gasteiger charge is 2.24. The molecule has 1 atom stereocenters. The average Bonchev–Trinajstić information content (AvgIpc) is 2.92. The summed E-state index contributed by atoms with van der Waals surface area (Å²) in [7, 11) is 0. The molecule has 0 spiro atoms. The van der Waals surface area contributed by atoms with Crippen LogP contribution in [-0.2, 0) is 0 Å². The van der Waals surface area contributed by atoms with Crippen molar-refractivity contribution in [3.8, 4) is 0 Å². The first-order chi connectivity index (χ1) is 10.6. The van der Waals surface area contributed by atoms with E-state index >= 15 is 0 Å². The number of nitrogens with zero attached hydrogens (tertiary/aromatic N) is 1. The van der Waals surface area contributed by atoms with Crippen LogP contribution in [0.4, 0.5) is 8.78 Å². The lowest BCUT2D eigenvalue weighted by atomic mass is 9.90. The molecule has 0 radical (unpaired) electrons. The quantitative estimate of drug-likeness (QED) is 0.940. The number of likely N-dealkylation sites (tertiary alicyclic amines) is 1. The molecule has 0 aromatic heterocycles. The number of benzene rings is 2. The van der Waals surface area contributed by atoms with Crippen LogP contribution in [0.2, 0.25) is 0 Å². The van der Waals surface area contributed by atoms with Crippen molar-refractivity contribution in [2.24, 2.45) is 5.73 Å². The Labute approximate surface area is 129 Å². The van der Waals surface area contributed by atoms with Crippen molar-refractivity contribution >= 4 is 0 Å². The van der Waals surface area contributed by atoms with Crippen LogP contribution in [0.5, 0.6) is 0 Å². The molecular weight excluding hydrogens is 282 g/mol. The van der Waals surface area contributed by atoms with E-state index in [4.69, 9.17) is 5.73 Å². The molecule has 22 heavy (non-hydrogen) atoms.